The Morgan fingerprint density at radius 2 is 1.87 bits per heavy atom. The summed E-state index contributed by atoms with van der Waals surface area (Å²) in [5, 5.41) is 11.7. The molecule has 0 fully saturated rings. The lowest BCUT2D eigenvalue weighted by Gasteiger charge is -2.17. The predicted octanol–water partition coefficient (Wildman–Crippen LogP) is 4.14. The van der Waals surface area contributed by atoms with E-state index in [4.69, 9.17) is 16.0 Å². The second-order valence-corrected chi connectivity index (χ2v) is 7.84. The summed E-state index contributed by atoms with van der Waals surface area (Å²) in [7, 11) is 1.58. The van der Waals surface area contributed by atoms with Gasteiger partial charge in [0.05, 0.1) is 12.3 Å². The van der Waals surface area contributed by atoms with Crippen molar-refractivity contribution in [1.29, 1.82) is 0 Å². The van der Waals surface area contributed by atoms with Crippen LogP contribution >= 0.6 is 23.4 Å². The second kappa shape index (κ2) is 10.3. The number of aryl methyl sites for hydroxylation is 1. The summed E-state index contributed by atoms with van der Waals surface area (Å²) in [5.74, 6) is -0.0360. The Balaban J connectivity index is 1.50. The fourth-order valence-electron chi connectivity index (χ4n) is 2.65. The Bertz CT molecular complexity index is 1020. The van der Waals surface area contributed by atoms with E-state index in [0.29, 0.717) is 10.9 Å². The normalized spacial score (nSPS) is 10.6. The van der Waals surface area contributed by atoms with E-state index in [2.05, 4.69) is 15.5 Å². The van der Waals surface area contributed by atoms with Crippen LogP contribution in [0.15, 0.2) is 58.2 Å². The van der Waals surface area contributed by atoms with Gasteiger partial charge in [-0.25, -0.2) is 0 Å². The zero-order valence-electron chi connectivity index (χ0n) is 16.6. The summed E-state index contributed by atoms with van der Waals surface area (Å²) < 4.78 is 5.57. The fourth-order valence-corrected chi connectivity index (χ4v) is 3.48. The average Bonchev–Trinajstić information content (AvgIpc) is 3.21. The molecule has 0 unspecified atom stereocenters. The SMILES string of the molecule is CCc1ccccc1NC(=O)CN(C)C(=O)CSc1nnc(-c2ccc(Cl)cc2)o1. The number of carbonyl (C=O) groups excluding carboxylic acids is 2. The van der Waals surface area contributed by atoms with Crippen molar-refractivity contribution in [3.8, 4) is 11.5 Å². The van der Waals surface area contributed by atoms with Crippen LogP contribution in [-0.2, 0) is 16.0 Å². The van der Waals surface area contributed by atoms with Crippen LogP contribution in [0.4, 0.5) is 5.69 Å². The Morgan fingerprint density at radius 1 is 1.13 bits per heavy atom. The van der Waals surface area contributed by atoms with Gasteiger partial charge in [0.15, 0.2) is 0 Å². The molecule has 0 saturated carbocycles. The number of amides is 2. The molecule has 2 amide bonds. The van der Waals surface area contributed by atoms with Gasteiger partial charge in [-0.2, -0.15) is 0 Å². The van der Waals surface area contributed by atoms with Crippen LogP contribution < -0.4 is 5.32 Å². The molecule has 0 aliphatic heterocycles. The van der Waals surface area contributed by atoms with Gasteiger partial charge < -0.3 is 14.6 Å². The maximum atomic E-state index is 12.4. The third-order valence-electron chi connectivity index (χ3n) is 4.30. The van der Waals surface area contributed by atoms with Crippen molar-refractivity contribution in [1.82, 2.24) is 15.1 Å². The standard InChI is InChI=1S/C21H21ClN4O3S/c1-3-14-6-4-5-7-17(14)23-18(27)12-26(2)19(28)13-30-21-25-24-20(29-21)15-8-10-16(22)11-9-15/h4-11H,3,12-13H2,1-2H3,(H,23,27). The van der Waals surface area contributed by atoms with Crippen molar-refractivity contribution < 1.29 is 14.0 Å². The number of carbonyl (C=O) groups is 2. The molecule has 0 radical (unpaired) electrons. The van der Waals surface area contributed by atoms with Gasteiger partial charge in [0.1, 0.15) is 0 Å². The molecule has 7 nitrogen and oxygen atoms in total. The van der Waals surface area contributed by atoms with Gasteiger partial charge in [-0.15, -0.1) is 10.2 Å². The number of rotatable bonds is 8. The number of nitrogens with one attached hydrogen (secondary N) is 1. The van der Waals surface area contributed by atoms with Crippen molar-refractivity contribution in [3.63, 3.8) is 0 Å². The van der Waals surface area contributed by atoms with Crippen LogP contribution in [0.1, 0.15) is 12.5 Å². The molecule has 0 aliphatic rings. The van der Waals surface area contributed by atoms with Crippen molar-refractivity contribution in [2.75, 3.05) is 24.7 Å². The van der Waals surface area contributed by atoms with Crippen LogP contribution in [-0.4, -0.2) is 46.3 Å². The number of hydrogen-bond acceptors (Lipinski definition) is 6. The highest BCUT2D eigenvalue weighted by molar-refractivity contribution is 7.99. The van der Waals surface area contributed by atoms with E-state index in [1.807, 2.05) is 31.2 Å². The smallest absolute Gasteiger partial charge is 0.277 e. The first-order valence-corrected chi connectivity index (χ1v) is 10.7. The summed E-state index contributed by atoms with van der Waals surface area (Å²) in [5.41, 5.74) is 2.55. The topological polar surface area (TPSA) is 88.3 Å². The first-order valence-electron chi connectivity index (χ1n) is 9.30. The Labute approximate surface area is 183 Å². The van der Waals surface area contributed by atoms with Gasteiger partial charge in [-0.05, 0) is 42.3 Å². The van der Waals surface area contributed by atoms with Crippen molar-refractivity contribution in [2.24, 2.45) is 0 Å². The lowest BCUT2D eigenvalue weighted by Crippen LogP contribution is -2.36. The van der Waals surface area contributed by atoms with E-state index in [1.165, 1.54) is 4.90 Å². The van der Waals surface area contributed by atoms with E-state index in [9.17, 15) is 9.59 Å². The number of likely N-dealkylation sites (N-methyl/N-ethyl adjacent to an activating group) is 1. The molecule has 2 aromatic carbocycles. The minimum Gasteiger partial charge on any atom is -0.411 e. The van der Waals surface area contributed by atoms with E-state index >= 15 is 0 Å². The van der Waals surface area contributed by atoms with Crippen molar-refractivity contribution >= 4 is 40.9 Å². The molecule has 1 N–H and O–H groups in total. The first kappa shape index (κ1) is 21.9. The molecule has 0 bridgehead atoms. The highest BCUT2D eigenvalue weighted by Gasteiger charge is 2.16. The van der Waals surface area contributed by atoms with Gasteiger partial charge in [0.25, 0.3) is 5.22 Å². The van der Waals surface area contributed by atoms with Gasteiger partial charge in [-0.1, -0.05) is 48.5 Å². The fraction of sp³-hybridized carbons (Fsp3) is 0.238. The number of thioether (sulfide) groups is 1. The summed E-state index contributed by atoms with van der Waals surface area (Å²) in [6.45, 7) is 1.98. The van der Waals surface area contributed by atoms with Gasteiger partial charge in [0.2, 0.25) is 17.7 Å². The van der Waals surface area contributed by atoms with E-state index < -0.39 is 0 Å². The summed E-state index contributed by atoms with van der Waals surface area (Å²) in [6.07, 6.45) is 0.810. The van der Waals surface area contributed by atoms with E-state index in [-0.39, 0.29) is 29.3 Å². The first-order chi connectivity index (χ1) is 14.5. The minimum atomic E-state index is -0.250. The summed E-state index contributed by atoms with van der Waals surface area (Å²) in [4.78, 5) is 26.0. The number of anilines is 1. The molecule has 30 heavy (non-hydrogen) atoms. The quantitative estimate of drug-likeness (QED) is 0.525. The maximum absolute atomic E-state index is 12.4. The number of nitrogens with zero attached hydrogens (tertiary/aromatic N) is 3. The molecule has 3 aromatic rings. The number of halogens is 1. The molecule has 0 aliphatic carbocycles. The zero-order chi connectivity index (χ0) is 21.5. The summed E-state index contributed by atoms with van der Waals surface area (Å²) in [6, 6.07) is 14.6. The Hall–Kier alpha value is -2.84. The summed E-state index contributed by atoms with van der Waals surface area (Å²) >= 11 is 7.00. The largest absolute Gasteiger partial charge is 0.411 e. The Kier molecular flexibility index (Phi) is 7.48. The minimum absolute atomic E-state index is 0.0443. The van der Waals surface area contributed by atoms with Crippen LogP contribution in [0, 0.1) is 0 Å². The Morgan fingerprint density at radius 3 is 2.60 bits per heavy atom. The molecule has 0 spiro atoms. The molecule has 1 aromatic heterocycles. The highest BCUT2D eigenvalue weighted by Crippen LogP contribution is 2.24. The number of benzene rings is 2. The van der Waals surface area contributed by atoms with E-state index in [0.717, 1.165) is 35.0 Å². The van der Waals surface area contributed by atoms with Crippen molar-refractivity contribution in [2.45, 2.75) is 18.6 Å². The second-order valence-electron chi connectivity index (χ2n) is 6.48. The monoisotopic (exact) mass is 444 g/mol. The molecular formula is C21H21ClN4O3S. The number of hydrogen-bond donors (Lipinski definition) is 1. The van der Waals surface area contributed by atoms with Crippen LogP contribution in [0.2, 0.25) is 5.02 Å². The highest BCUT2D eigenvalue weighted by atomic mass is 35.5. The van der Waals surface area contributed by atoms with Gasteiger partial charge >= 0.3 is 0 Å². The molecule has 0 saturated heterocycles. The van der Waals surface area contributed by atoms with E-state index in [1.54, 1.807) is 31.3 Å². The zero-order valence-corrected chi connectivity index (χ0v) is 18.2. The molecule has 1 heterocycles. The average molecular weight is 445 g/mol. The molecule has 0 atom stereocenters. The van der Waals surface area contributed by atoms with Crippen LogP contribution in [0.5, 0.6) is 0 Å². The predicted molar refractivity (Wildman–Crippen MR) is 118 cm³/mol. The molecule has 156 valence electrons. The van der Waals surface area contributed by atoms with Gasteiger partial charge in [-0.3, -0.25) is 9.59 Å². The maximum Gasteiger partial charge on any atom is 0.277 e. The molecule has 3 rings (SSSR count). The molecular weight excluding hydrogens is 424 g/mol. The number of aromatic nitrogens is 2. The van der Waals surface area contributed by atoms with Crippen LogP contribution in [0.3, 0.4) is 0 Å². The lowest BCUT2D eigenvalue weighted by atomic mass is 10.1. The third kappa shape index (κ3) is 5.84. The van der Waals surface area contributed by atoms with Crippen LogP contribution in [0.25, 0.3) is 11.5 Å². The van der Waals surface area contributed by atoms with Gasteiger partial charge in [0, 0.05) is 23.3 Å². The molecule has 9 heteroatoms. The lowest BCUT2D eigenvalue weighted by molar-refractivity contribution is -0.131. The number of para-hydroxylation sites is 1. The van der Waals surface area contributed by atoms with Crippen molar-refractivity contribution in [3.05, 3.63) is 59.1 Å². The third-order valence-corrected chi connectivity index (χ3v) is 5.35.